The van der Waals surface area contributed by atoms with Crippen LogP contribution < -0.4 is 4.90 Å². The summed E-state index contributed by atoms with van der Waals surface area (Å²) in [5.41, 5.74) is 0. The van der Waals surface area contributed by atoms with Crippen molar-refractivity contribution < 1.29 is 17.7 Å². The van der Waals surface area contributed by atoms with E-state index in [4.69, 9.17) is 5.26 Å². The van der Waals surface area contributed by atoms with Crippen LogP contribution in [0.15, 0.2) is 29.2 Å². The van der Waals surface area contributed by atoms with Gasteiger partial charge < -0.3 is 4.90 Å². The van der Waals surface area contributed by atoms with Gasteiger partial charge in [-0.2, -0.15) is 9.57 Å². The number of hydrogen-bond donors (Lipinski definition) is 1. The van der Waals surface area contributed by atoms with Crippen molar-refractivity contribution in [1.29, 1.82) is 5.26 Å². The molecular weight excluding hydrogens is 293 g/mol. The van der Waals surface area contributed by atoms with Crippen LogP contribution >= 0.6 is 0 Å². The first kappa shape index (κ1) is 15.9. The second-order valence-electron chi connectivity index (χ2n) is 5.32. The summed E-state index contributed by atoms with van der Waals surface area (Å²) in [6, 6.07) is 7.63. The van der Waals surface area contributed by atoms with Crippen molar-refractivity contribution in [2.75, 3.05) is 32.7 Å². The van der Waals surface area contributed by atoms with E-state index in [0.29, 0.717) is 32.7 Å². The Kier molecular flexibility index (Phi) is 4.93. The Balaban J connectivity index is 2.05. The first-order valence-electron chi connectivity index (χ1n) is 6.93. The molecule has 1 N–H and O–H groups in total. The van der Waals surface area contributed by atoms with Gasteiger partial charge in [-0.05, 0) is 19.1 Å². The van der Waals surface area contributed by atoms with E-state index in [0.717, 1.165) is 6.07 Å². The zero-order chi connectivity index (χ0) is 15.5. The third-order valence-corrected chi connectivity index (χ3v) is 5.63. The smallest absolute Gasteiger partial charge is 0.246 e. The SMILES string of the molecule is C[C@H](C#N)C[NH+]1CCN(S(=O)(=O)c2ccccc2F)CC1. The third-order valence-electron chi connectivity index (χ3n) is 3.70. The standard InChI is InChI=1S/C14H18FN3O2S/c1-12(10-16)11-17-6-8-18(9-7-17)21(19,20)14-5-3-2-4-13(14)15/h2-5,12H,6-9,11H2,1H3/p+1/t12-/m1/s1. The summed E-state index contributed by atoms with van der Waals surface area (Å²) in [5.74, 6) is -0.764. The van der Waals surface area contributed by atoms with Crippen LogP contribution in [0.25, 0.3) is 0 Å². The zero-order valence-electron chi connectivity index (χ0n) is 11.9. The van der Waals surface area contributed by atoms with Crippen molar-refractivity contribution in [3.8, 4) is 6.07 Å². The number of halogens is 1. The molecule has 114 valence electrons. The molecular formula is C14H19FN3O2S+. The van der Waals surface area contributed by atoms with Gasteiger partial charge in [0.25, 0.3) is 0 Å². The summed E-state index contributed by atoms with van der Waals surface area (Å²) in [5, 5.41) is 8.81. The highest BCUT2D eigenvalue weighted by atomic mass is 32.2. The van der Waals surface area contributed by atoms with E-state index in [1.54, 1.807) is 0 Å². The molecule has 0 aliphatic carbocycles. The first-order chi connectivity index (χ1) is 9.95. The predicted octanol–water partition coefficient (Wildman–Crippen LogP) is -0.125. The van der Waals surface area contributed by atoms with E-state index in [9.17, 15) is 12.8 Å². The molecule has 0 spiro atoms. The third kappa shape index (κ3) is 3.59. The van der Waals surface area contributed by atoms with Crippen molar-refractivity contribution in [2.24, 2.45) is 5.92 Å². The molecule has 0 radical (unpaired) electrons. The molecule has 1 heterocycles. The number of nitrogens with one attached hydrogen (secondary N) is 1. The van der Waals surface area contributed by atoms with Gasteiger partial charge in [-0.15, -0.1) is 0 Å². The maximum Gasteiger partial charge on any atom is 0.246 e. The van der Waals surface area contributed by atoms with Gasteiger partial charge in [-0.25, -0.2) is 12.8 Å². The second-order valence-corrected chi connectivity index (χ2v) is 7.23. The molecule has 0 unspecified atom stereocenters. The van der Waals surface area contributed by atoms with Crippen molar-refractivity contribution in [2.45, 2.75) is 11.8 Å². The molecule has 1 aromatic carbocycles. The molecule has 1 fully saturated rings. The average Bonchev–Trinajstić information content (AvgIpc) is 2.48. The van der Waals surface area contributed by atoms with E-state index in [1.807, 2.05) is 6.92 Å². The lowest BCUT2D eigenvalue weighted by atomic mass is 10.2. The van der Waals surface area contributed by atoms with Crippen molar-refractivity contribution in [3.05, 3.63) is 30.1 Å². The second kappa shape index (κ2) is 6.52. The molecule has 5 nitrogen and oxygen atoms in total. The highest BCUT2D eigenvalue weighted by Crippen LogP contribution is 2.18. The Bertz CT molecular complexity index is 634. The summed E-state index contributed by atoms with van der Waals surface area (Å²) < 4.78 is 39.8. The number of quaternary nitrogens is 1. The number of hydrogen-bond acceptors (Lipinski definition) is 3. The molecule has 1 aliphatic rings. The van der Waals surface area contributed by atoms with Gasteiger partial charge in [0.2, 0.25) is 10.0 Å². The summed E-state index contributed by atoms with van der Waals surface area (Å²) in [4.78, 5) is 0.947. The van der Waals surface area contributed by atoms with Crippen LogP contribution in [0.2, 0.25) is 0 Å². The fourth-order valence-electron chi connectivity index (χ4n) is 2.52. The van der Waals surface area contributed by atoms with Gasteiger partial charge in [-0.3, -0.25) is 0 Å². The van der Waals surface area contributed by atoms with E-state index < -0.39 is 15.8 Å². The maximum absolute atomic E-state index is 13.7. The normalized spacial score (nSPS) is 19.1. The zero-order valence-corrected chi connectivity index (χ0v) is 12.7. The molecule has 0 amide bonds. The molecule has 0 saturated carbocycles. The molecule has 1 saturated heterocycles. The van der Waals surface area contributed by atoms with Gasteiger partial charge in [0.05, 0.1) is 44.7 Å². The van der Waals surface area contributed by atoms with Gasteiger partial charge >= 0.3 is 0 Å². The molecule has 7 heteroatoms. The van der Waals surface area contributed by atoms with Crippen LogP contribution in [0.4, 0.5) is 4.39 Å². The number of nitriles is 1. The Morgan fingerprint density at radius 3 is 2.57 bits per heavy atom. The minimum absolute atomic E-state index is 0.0466. The summed E-state index contributed by atoms with van der Waals surface area (Å²) >= 11 is 0. The van der Waals surface area contributed by atoms with Crippen molar-refractivity contribution in [3.63, 3.8) is 0 Å². The summed E-state index contributed by atoms with van der Waals surface area (Å²) in [7, 11) is -3.77. The summed E-state index contributed by atoms with van der Waals surface area (Å²) in [6.45, 7) is 4.55. The highest BCUT2D eigenvalue weighted by Gasteiger charge is 2.32. The maximum atomic E-state index is 13.7. The van der Waals surface area contributed by atoms with Crippen LogP contribution in [-0.4, -0.2) is 45.4 Å². The van der Waals surface area contributed by atoms with Crippen molar-refractivity contribution >= 4 is 10.0 Å². The van der Waals surface area contributed by atoms with E-state index in [-0.39, 0.29) is 10.8 Å². The predicted molar refractivity (Wildman–Crippen MR) is 75.5 cm³/mol. The fourth-order valence-corrected chi connectivity index (χ4v) is 4.03. The lowest BCUT2D eigenvalue weighted by Crippen LogP contribution is -3.15. The van der Waals surface area contributed by atoms with Crippen LogP contribution in [0.5, 0.6) is 0 Å². The number of rotatable bonds is 4. The van der Waals surface area contributed by atoms with Crippen LogP contribution in [-0.2, 0) is 10.0 Å². The Morgan fingerprint density at radius 1 is 1.38 bits per heavy atom. The van der Waals surface area contributed by atoms with Gasteiger partial charge in [0.15, 0.2) is 0 Å². The van der Waals surface area contributed by atoms with Crippen molar-refractivity contribution in [1.82, 2.24) is 4.31 Å². The number of sulfonamides is 1. The molecule has 1 aromatic rings. The lowest BCUT2D eigenvalue weighted by molar-refractivity contribution is -0.905. The molecule has 2 rings (SSSR count). The fraction of sp³-hybridized carbons (Fsp3) is 0.500. The van der Waals surface area contributed by atoms with Gasteiger partial charge in [-0.1, -0.05) is 12.1 Å². The monoisotopic (exact) mass is 312 g/mol. The van der Waals surface area contributed by atoms with E-state index in [2.05, 4.69) is 6.07 Å². The molecule has 21 heavy (non-hydrogen) atoms. The minimum atomic E-state index is -3.77. The van der Waals surface area contributed by atoms with Crippen LogP contribution in [0.3, 0.4) is 0 Å². The Labute approximate surface area is 124 Å². The summed E-state index contributed by atoms with van der Waals surface area (Å²) in [6.07, 6.45) is 0. The Hall–Kier alpha value is -1.49. The average molecular weight is 312 g/mol. The minimum Gasteiger partial charge on any atom is -0.332 e. The first-order valence-corrected chi connectivity index (χ1v) is 8.37. The van der Waals surface area contributed by atoms with Crippen LogP contribution in [0, 0.1) is 23.1 Å². The molecule has 1 aliphatic heterocycles. The van der Waals surface area contributed by atoms with Crippen LogP contribution in [0.1, 0.15) is 6.92 Å². The largest absolute Gasteiger partial charge is 0.332 e. The van der Waals surface area contributed by atoms with Gasteiger partial charge in [0, 0.05) is 0 Å². The van der Waals surface area contributed by atoms with Gasteiger partial charge in [0.1, 0.15) is 10.7 Å². The van der Waals surface area contributed by atoms with E-state index in [1.165, 1.54) is 27.4 Å². The number of benzene rings is 1. The molecule has 0 aromatic heterocycles. The Morgan fingerprint density at radius 2 is 2.00 bits per heavy atom. The topological polar surface area (TPSA) is 65.6 Å². The number of nitrogens with zero attached hydrogens (tertiary/aromatic N) is 2. The lowest BCUT2D eigenvalue weighted by Gasteiger charge is -2.32. The number of piperazine rings is 1. The van der Waals surface area contributed by atoms with E-state index >= 15 is 0 Å². The molecule has 0 bridgehead atoms. The molecule has 1 atom stereocenters. The highest BCUT2D eigenvalue weighted by molar-refractivity contribution is 7.89. The quantitative estimate of drug-likeness (QED) is 0.842.